The first-order valence-electron chi connectivity index (χ1n) is 3.03. The molecule has 0 heterocycles. The summed E-state index contributed by atoms with van der Waals surface area (Å²) in [7, 11) is -1.37. The van der Waals surface area contributed by atoms with Crippen molar-refractivity contribution in [1.82, 2.24) is 0 Å². The average molecular weight is 234 g/mol. The van der Waals surface area contributed by atoms with Gasteiger partial charge in [0, 0.05) is 4.47 Å². The number of nitrogens with two attached hydrogens (primary N) is 1. The number of benzene rings is 1. The molecule has 4 heteroatoms. The fraction of sp³-hybridized carbons (Fsp3) is 0.143. The SMILES string of the molecule is Cc1cc(S(N)=O)ccc1Br. The Morgan fingerprint density at radius 2 is 2.18 bits per heavy atom. The van der Waals surface area contributed by atoms with Gasteiger partial charge in [-0.05, 0) is 30.7 Å². The molecule has 0 amide bonds. The fourth-order valence-electron chi connectivity index (χ4n) is 0.742. The summed E-state index contributed by atoms with van der Waals surface area (Å²) >= 11 is 3.34. The summed E-state index contributed by atoms with van der Waals surface area (Å²) in [6, 6.07) is 5.39. The van der Waals surface area contributed by atoms with Gasteiger partial charge < -0.3 is 0 Å². The first-order valence-corrected chi connectivity index (χ1v) is 5.04. The van der Waals surface area contributed by atoms with E-state index in [9.17, 15) is 4.21 Å². The molecule has 0 fully saturated rings. The molecule has 2 N–H and O–H groups in total. The van der Waals surface area contributed by atoms with Gasteiger partial charge in [0.25, 0.3) is 0 Å². The fourth-order valence-corrected chi connectivity index (χ4v) is 1.48. The van der Waals surface area contributed by atoms with Crippen LogP contribution in [0.15, 0.2) is 27.6 Å². The minimum absolute atomic E-state index is 0.658. The maximum atomic E-state index is 10.8. The Kier molecular flexibility index (Phi) is 2.81. The smallest absolute Gasteiger partial charge is 0.122 e. The maximum Gasteiger partial charge on any atom is 0.122 e. The summed E-state index contributed by atoms with van der Waals surface area (Å²) in [5.41, 5.74) is 1.04. The van der Waals surface area contributed by atoms with Crippen LogP contribution in [0.2, 0.25) is 0 Å². The number of rotatable bonds is 1. The van der Waals surface area contributed by atoms with Crippen LogP contribution in [-0.4, -0.2) is 4.21 Å². The molecule has 2 nitrogen and oxygen atoms in total. The largest absolute Gasteiger partial charge is 0.248 e. The molecule has 1 aromatic carbocycles. The molecule has 1 aromatic rings. The Balaban J connectivity index is 3.15. The Morgan fingerprint density at radius 3 is 2.64 bits per heavy atom. The molecule has 1 atom stereocenters. The zero-order valence-electron chi connectivity index (χ0n) is 6.00. The maximum absolute atomic E-state index is 10.8. The van der Waals surface area contributed by atoms with Crippen molar-refractivity contribution in [1.29, 1.82) is 0 Å². The van der Waals surface area contributed by atoms with Gasteiger partial charge in [-0.3, -0.25) is 0 Å². The van der Waals surface area contributed by atoms with Crippen molar-refractivity contribution in [2.24, 2.45) is 5.14 Å². The van der Waals surface area contributed by atoms with Crippen LogP contribution in [0.3, 0.4) is 0 Å². The molecule has 0 spiro atoms. The summed E-state index contributed by atoms with van der Waals surface area (Å²) in [5.74, 6) is 0. The van der Waals surface area contributed by atoms with Crippen molar-refractivity contribution in [2.75, 3.05) is 0 Å². The van der Waals surface area contributed by atoms with Crippen LogP contribution in [-0.2, 0) is 11.0 Å². The van der Waals surface area contributed by atoms with Gasteiger partial charge in [-0.2, -0.15) is 0 Å². The highest BCUT2D eigenvalue weighted by atomic mass is 79.9. The first kappa shape index (κ1) is 8.90. The summed E-state index contributed by atoms with van der Waals surface area (Å²) in [5, 5.41) is 5.19. The second kappa shape index (κ2) is 3.47. The Labute approximate surface area is 76.5 Å². The second-order valence-corrected chi connectivity index (χ2v) is 4.13. The van der Waals surface area contributed by atoms with E-state index in [-0.39, 0.29) is 0 Å². The van der Waals surface area contributed by atoms with E-state index in [1.807, 2.05) is 13.0 Å². The van der Waals surface area contributed by atoms with Crippen molar-refractivity contribution >= 4 is 26.9 Å². The van der Waals surface area contributed by atoms with Gasteiger partial charge in [0.15, 0.2) is 0 Å². The van der Waals surface area contributed by atoms with Gasteiger partial charge in [-0.15, -0.1) is 0 Å². The lowest BCUT2D eigenvalue weighted by Gasteiger charge is -1.99. The quantitative estimate of drug-likeness (QED) is 0.790. The van der Waals surface area contributed by atoms with E-state index >= 15 is 0 Å². The molecule has 0 aromatic heterocycles. The number of hydrogen-bond acceptors (Lipinski definition) is 1. The molecule has 0 bridgehead atoms. The van der Waals surface area contributed by atoms with Crippen molar-refractivity contribution < 1.29 is 4.21 Å². The van der Waals surface area contributed by atoms with Gasteiger partial charge >= 0.3 is 0 Å². The average Bonchev–Trinajstić information content (AvgIpc) is 1.94. The van der Waals surface area contributed by atoms with Gasteiger partial charge in [0.2, 0.25) is 0 Å². The van der Waals surface area contributed by atoms with E-state index in [0.29, 0.717) is 4.90 Å². The molecule has 0 aliphatic carbocycles. The van der Waals surface area contributed by atoms with Crippen molar-refractivity contribution in [3.63, 3.8) is 0 Å². The predicted molar refractivity (Wildman–Crippen MR) is 49.5 cm³/mol. The second-order valence-electron chi connectivity index (χ2n) is 2.21. The van der Waals surface area contributed by atoms with Crippen LogP contribution in [0, 0.1) is 6.92 Å². The number of hydrogen-bond donors (Lipinski definition) is 1. The van der Waals surface area contributed by atoms with Crippen LogP contribution in [0.1, 0.15) is 5.56 Å². The molecule has 0 saturated heterocycles. The van der Waals surface area contributed by atoms with E-state index in [1.165, 1.54) is 0 Å². The van der Waals surface area contributed by atoms with Crippen LogP contribution < -0.4 is 5.14 Å². The molecule has 0 aliphatic rings. The van der Waals surface area contributed by atoms with Crippen LogP contribution in [0.25, 0.3) is 0 Å². The molecule has 1 rings (SSSR count). The first-order chi connectivity index (χ1) is 5.11. The third kappa shape index (κ3) is 2.12. The molecular weight excluding hydrogens is 226 g/mol. The lowest BCUT2D eigenvalue weighted by Crippen LogP contribution is -2.02. The van der Waals surface area contributed by atoms with E-state index in [1.54, 1.807) is 12.1 Å². The minimum Gasteiger partial charge on any atom is -0.248 e. The van der Waals surface area contributed by atoms with Crippen molar-refractivity contribution in [3.8, 4) is 0 Å². The highest BCUT2D eigenvalue weighted by Crippen LogP contribution is 2.17. The van der Waals surface area contributed by atoms with Gasteiger partial charge in [-0.1, -0.05) is 15.9 Å². The Bertz CT molecular complexity index is 300. The van der Waals surface area contributed by atoms with Crippen molar-refractivity contribution in [3.05, 3.63) is 28.2 Å². The third-order valence-electron chi connectivity index (χ3n) is 1.36. The van der Waals surface area contributed by atoms with E-state index in [2.05, 4.69) is 15.9 Å². The normalized spacial score (nSPS) is 13.0. The van der Waals surface area contributed by atoms with E-state index < -0.39 is 11.0 Å². The van der Waals surface area contributed by atoms with Crippen LogP contribution >= 0.6 is 15.9 Å². The van der Waals surface area contributed by atoms with Gasteiger partial charge in [0.05, 0.1) is 4.90 Å². The highest BCUT2D eigenvalue weighted by Gasteiger charge is 1.99. The zero-order valence-corrected chi connectivity index (χ0v) is 8.41. The summed E-state index contributed by atoms with van der Waals surface area (Å²) in [6.45, 7) is 1.93. The zero-order chi connectivity index (χ0) is 8.43. The standard InChI is InChI=1S/C7H8BrNOS/c1-5-4-6(11(9)10)2-3-7(5)8/h2-4H,9H2,1H3. The van der Waals surface area contributed by atoms with Crippen LogP contribution in [0.5, 0.6) is 0 Å². The molecule has 0 radical (unpaired) electrons. The monoisotopic (exact) mass is 233 g/mol. The van der Waals surface area contributed by atoms with Crippen LogP contribution in [0.4, 0.5) is 0 Å². The highest BCUT2D eigenvalue weighted by molar-refractivity contribution is 9.10. The summed E-state index contributed by atoms with van der Waals surface area (Å²) < 4.78 is 11.8. The summed E-state index contributed by atoms with van der Waals surface area (Å²) in [4.78, 5) is 0.658. The van der Waals surface area contributed by atoms with Crippen molar-refractivity contribution in [2.45, 2.75) is 11.8 Å². The topological polar surface area (TPSA) is 43.1 Å². The van der Waals surface area contributed by atoms with Gasteiger partial charge in [-0.25, -0.2) is 9.35 Å². The summed E-state index contributed by atoms with van der Waals surface area (Å²) in [6.07, 6.45) is 0. The molecule has 60 valence electrons. The lowest BCUT2D eigenvalue weighted by molar-refractivity contribution is 0.684. The lowest BCUT2D eigenvalue weighted by atomic mass is 10.2. The molecule has 11 heavy (non-hydrogen) atoms. The van der Waals surface area contributed by atoms with E-state index in [0.717, 1.165) is 10.0 Å². The van der Waals surface area contributed by atoms with E-state index in [4.69, 9.17) is 5.14 Å². The molecule has 0 saturated carbocycles. The Morgan fingerprint density at radius 1 is 1.55 bits per heavy atom. The molecule has 1 unspecified atom stereocenters. The molecular formula is C7H8BrNOS. The van der Waals surface area contributed by atoms with Gasteiger partial charge in [0.1, 0.15) is 11.0 Å². The number of aryl methyl sites for hydroxylation is 1. The third-order valence-corrected chi connectivity index (χ3v) is 2.97. The minimum atomic E-state index is -1.37. The number of halogens is 1. The predicted octanol–water partition coefficient (Wildman–Crippen LogP) is 1.74. The molecule has 0 aliphatic heterocycles. The Hall–Kier alpha value is -0.190.